The van der Waals surface area contributed by atoms with Crippen molar-refractivity contribution in [1.82, 2.24) is 0 Å². The molecule has 2 rings (SSSR count). The van der Waals surface area contributed by atoms with Crippen molar-refractivity contribution in [3.63, 3.8) is 0 Å². The first-order valence-corrected chi connectivity index (χ1v) is 6.27. The first-order valence-electron chi connectivity index (χ1n) is 6.27. The van der Waals surface area contributed by atoms with Crippen LogP contribution in [0.3, 0.4) is 0 Å². The van der Waals surface area contributed by atoms with Crippen molar-refractivity contribution < 1.29 is 5.11 Å². The largest absolute Gasteiger partial charge is 0.370 e. The van der Waals surface area contributed by atoms with Crippen LogP contribution in [0.15, 0.2) is 54.6 Å². The number of rotatable bonds is 3. The number of hydrogen-bond acceptors (Lipinski definition) is 3. The van der Waals surface area contributed by atoms with Crippen LogP contribution in [0.2, 0.25) is 0 Å². The van der Waals surface area contributed by atoms with E-state index in [4.69, 9.17) is 0 Å². The number of aliphatic hydroxyl groups is 1. The predicted octanol–water partition coefficient (Wildman–Crippen LogP) is 3.01. The summed E-state index contributed by atoms with van der Waals surface area (Å²) in [5.41, 5.74) is 0.229. The molecule has 3 nitrogen and oxygen atoms in total. The number of hydrogen-bond donors (Lipinski definition) is 1. The van der Waals surface area contributed by atoms with Gasteiger partial charge in [0.2, 0.25) is 0 Å². The zero-order valence-corrected chi connectivity index (χ0v) is 11.1. The summed E-state index contributed by atoms with van der Waals surface area (Å²) in [4.78, 5) is 0. The van der Waals surface area contributed by atoms with Gasteiger partial charge in [-0.3, -0.25) is 0 Å². The van der Waals surface area contributed by atoms with Gasteiger partial charge in [-0.25, -0.2) is 0 Å². The Bertz CT molecular complexity index is 665. The minimum Gasteiger partial charge on any atom is -0.370 e. The molecule has 0 aliphatic carbocycles. The Morgan fingerprint density at radius 2 is 1.60 bits per heavy atom. The van der Waals surface area contributed by atoms with Crippen LogP contribution in [0.1, 0.15) is 22.6 Å². The quantitative estimate of drug-likeness (QED) is 0.864. The van der Waals surface area contributed by atoms with Crippen LogP contribution in [-0.2, 0) is 5.60 Å². The van der Waals surface area contributed by atoms with Gasteiger partial charge >= 0.3 is 0 Å². The lowest BCUT2D eigenvalue weighted by Crippen LogP contribution is -2.31. The summed E-state index contributed by atoms with van der Waals surface area (Å²) >= 11 is 0. The topological polar surface area (TPSA) is 67.8 Å². The van der Waals surface area contributed by atoms with Gasteiger partial charge in [-0.2, -0.15) is 10.5 Å². The predicted molar refractivity (Wildman–Crippen MR) is 75.5 cm³/mol. The summed E-state index contributed by atoms with van der Waals surface area (Å²) in [5, 5.41) is 29.5. The average Bonchev–Trinajstić information content (AvgIpc) is 2.49. The Kier molecular flexibility index (Phi) is 3.84. The second kappa shape index (κ2) is 5.57. The highest BCUT2D eigenvalue weighted by Gasteiger charge is 2.40. The van der Waals surface area contributed by atoms with Crippen molar-refractivity contribution in [2.75, 3.05) is 0 Å². The monoisotopic (exact) mass is 262 g/mol. The molecule has 3 heteroatoms. The Morgan fingerprint density at radius 1 is 1.00 bits per heavy atom. The van der Waals surface area contributed by atoms with E-state index in [1.54, 1.807) is 36.4 Å². The van der Waals surface area contributed by atoms with Gasteiger partial charge in [-0.15, -0.1) is 0 Å². The number of nitriles is 2. The van der Waals surface area contributed by atoms with E-state index >= 15 is 0 Å². The first kappa shape index (κ1) is 13.8. The fourth-order valence-electron chi connectivity index (χ4n) is 2.16. The highest BCUT2D eigenvalue weighted by molar-refractivity contribution is 5.41. The van der Waals surface area contributed by atoms with Crippen LogP contribution in [0.4, 0.5) is 0 Å². The smallest absolute Gasteiger partial charge is 0.196 e. The molecule has 0 fully saturated rings. The van der Waals surface area contributed by atoms with Gasteiger partial charge < -0.3 is 5.11 Å². The van der Waals surface area contributed by atoms with Gasteiger partial charge in [0.15, 0.2) is 5.60 Å². The Labute approximate surface area is 118 Å². The van der Waals surface area contributed by atoms with E-state index in [1.165, 1.54) is 0 Å². The maximum absolute atomic E-state index is 10.7. The normalized spacial score (nSPS) is 14.6. The van der Waals surface area contributed by atoms with Crippen molar-refractivity contribution in [3.8, 4) is 12.1 Å². The molecule has 0 amide bonds. The lowest BCUT2D eigenvalue weighted by Gasteiger charge is -2.26. The molecule has 2 atom stereocenters. The van der Waals surface area contributed by atoms with E-state index in [0.717, 1.165) is 5.56 Å². The van der Waals surface area contributed by atoms with Gasteiger partial charge in [0.1, 0.15) is 12.0 Å². The van der Waals surface area contributed by atoms with E-state index < -0.39 is 11.5 Å². The molecule has 1 N–H and O–H groups in total. The molecule has 20 heavy (non-hydrogen) atoms. The number of nitrogens with zero attached hydrogens (tertiary/aromatic N) is 2. The second-order valence-electron chi connectivity index (χ2n) is 4.72. The standard InChI is InChI=1S/C17H14N2O/c1-13-7-9-15(10-8-13)17(20,12-19)16(11-18)14-5-3-2-4-6-14/h2-10,16,20H,1H3. The van der Waals surface area contributed by atoms with Gasteiger partial charge in [0, 0.05) is 0 Å². The van der Waals surface area contributed by atoms with Crippen LogP contribution in [0.25, 0.3) is 0 Å². The van der Waals surface area contributed by atoms with Crippen LogP contribution in [-0.4, -0.2) is 5.11 Å². The highest BCUT2D eigenvalue weighted by Crippen LogP contribution is 2.36. The molecule has 0 bridgehead atoms. The summed E-state index contributed by atoms with van der Waals surface area (Å²) in [6.07, 6.45) is 0. The van der Waals surface area contributed by atoms with Gasteiger partial charge in [0.25, 0.3) is 0 Å². The molecule has 0 heterocycles. The molecule has 98 valence electrons. The number of benzene rings is 2. The molecule has 0 saturated carbocycles. The Morgan fingerprint density at radius 3 is 2.10 bits per heavy atom. The molecular weight excluding hydrogens is 248 g/mol. The van der Waals surface area contributed by atoms with Crippen LogP contribution in [0.5, 0.6) is 0 Å². The molecule has 0 saturated heterocycles. The van der Waals surface area contributed by atoms with Crippen molar-refractivity contribution in [3.05, 3.63) is 71.3 Å². The minimum atomic E-state index is -1.86. The molecule has 0 aliphatic heterocycles. The molecule has 0 spiro atoms. The average molecular weight is 262 g/mol. The minimum absolute atomic E-state index is 0.431. The van der Waals surface area contributed by atoms with Crippen molar-refractivity contribution >= 4 is 0 Å². The third-order valence-electron chi connectivity index (χ3n) is 3.34. The molecule has 0 aromatic heterocycles. The van der Waals surface area contributed by atoms with Crippen molar-refractivity contribution in [1.29, 1.82) is 10.5 Å². The van der Waals surface area contributed by atoms with E-state index in [-0.39, 0.29) is 0 Å². The van der Waals surface area contributed by atoms with E-state index in [1.807, 2.05) is 31.2 Å². The maximum atomic E-state index is 10.7. The molecule has 2 unspecified atom stereocenters. The van der Waals surface area contributed by atoms with Gasteiger partial charge in [-0.1, -0.05) is 60.2 Å². The van der Waals surface area contributed by atoms with Gasteiger partial charge in [-0.05, 0) is 18.1 Å². The molecule has 2 aromatic rings. The third-order valence-corrected chi connectivity index (χ3v) is 3.34. The zero-order valence-electron chi connectivity index (χ0n) is 11.1. The van der Waals surface area contributed by atoms with Crippen LogP contribution < -0.4 is 0 Å². The fourth-order valence-corrected chi connectivity index (χ4v) is 2.16. The summed E-state index contributed by atoms with van der Waals surface area (Å²) in [6, 6.07) is 19.8. The van der Waals surface area contributed by atoms with Crippen LogP contribution in [0, 0.1) is 29.6 Å². The highest BCUT2D eigenvalue weighted by atomic mass is 16.3. The zero-order chi connectivity index (χ0) is 14.6. The summed E-state index contributed by atoms with van der Waals surface area (Å²) in [7, 11) is 0. The van der Waals surface area contributed by atoms with Crippen molar-refractivity contribution in [2.24, 2.45) is 0 Å². The fraction of sp³-hybridized carbons (Fsp3) is 0.176. The molecule has 2 aromatic carbocycles. The third kappa shape index (κ3) is 2.40. The molecule has 0 radical (unpaired) electrons. The molecule has 0 aliphatic rings. The van der Waals surface area contributed by atoms with E-state index in [9.17, 15) is 15.6 Å². The van der Waals surface area contributed by atoms with Crippen LogP contribution >= 0.6 is 0 Å². The SMILES string of the molecule is Cc1ccc(C(O)(C#N)C(C#N)c2ccccc2)cc1. The number of aryl methyl sites for hydroxylation is 1. The summed E-state index contributed by atoms with van der Waals surface area (Å²) in [5.74, 6) is -0.934. The van der Waals surface area contributed by atoms with E-state index in [0.29, 0.717) is 11.1 Å². The van der Waals surface area contributed by atoms with Crippen molar-refractivity contribution in [2.45, 2.75) is 18.4 Å². The van der Waals surface area contributed by atoms with Gasteiger partial charge in [0.05, 0.1) is 6.07 Å². The maximum Gasteiger partial charge on any atom is 0.196 e. The summed E-state index contributed by atoms with van der Waals surface area (Å²) < 4.78 is 0. The first-order chi connectivity index (χ1) is 9.61. The lowest BCUT2D eigenvalue weighted by molar-refractivity contribution is 0.0841. The Balaban J connectivity index is 2.52. The summed E-state index contributed by atoms with van der Waals surface area (Å²) in [6.45, 7) is 1.92. The Hall–Kier alpha value is -2.62. The lowest BCUT2D eigenvalue weighted by atomic mass is 9.79. The second-order valence-corrected chi connectivity index (χ2v) is 4.72. The molecular formula is C17H14N2O. The van der Waals surface area contributed by atoms with E-state index in [2.05, 4.69) is 6.07 Å².